The maximum atomic E-state index is 12.2. The largest absolute Gasteiger partial charge is 0.465 e. The van der Waals surface area contributed by atoms with E-state index >= 15 is 0 Å². The molecule has 0 radical (unpaired) electrons. The minimum Gasteiger partial charge on any atom is -0.465 e. The van der Waals surface area contributed by atoms with Gasteiger partial charge in [0.1, 0.15) is 5.78 Å². The Balaban J connectivity index is 5.55. The van der Waals surface area contributed by atoms with E-state index < -0.39 is 22.8 Å². The molecule has 0 atom stereocenters. The van der Waals surface area contributed by atoms with Gasteiger partial charge in [-0.05, 0) is 33.1 Å². The third kappa shape index (κ3) is 3.78. The first-order valence-electron chi connectivity index (χ1n) is 6.47. The van der Waals surface area contributed by atoms with Crippen molar-refractivity contribution in [2.45, 2.75) is 48.0 Å². The Bertz CT molecular complexity index is 339. The second kappa shape index (κ2) is 6.68. The van der Waals surface area contributed by atoms with Gasteiger partial charge in [0.2, 0.25) is 0 Å². The number of esters is 2. The fourth-order valence-electron chi connectivity index (χ4n) is 1.99. The lowest BCUT2D eigenvalue weighted by molar-refractivity contribution is -0.180. The van der Waals surface area contributed by atoms with E-state index in [1.807, 2.05) is 0 Å². The Labute approximate surface area is 114 Å². The average Bonchev–Trinajstić information content (AvgIpc) is 2.26. The normalized spacial score (nSPS) is 11.9. The Kier molecular flexibility index (Phi) is 6.19. The van der Waals surface area contributed by atoms with E-state index in [0.29, 0.717) is 0 Å². The molecule has 5 nitrogen and oxygen atoms in total. The number of rotatable bonds is 7. The van der Waals surface area contributed by atoms with Crippen LogP contribution in [0, 0.1) is 10.8 Å². The van der Waals surface area contributed by atoms with Crippen molar-refractivity contribution in [3.05, 3.63) is 0 Å². The molecule has 0 N–H and O–H groups in total. The molecule has 0 amide bonds. The molecule has 0 heterocycles. The molecule has 110 valence electrons. The zero-order valence-electron chi connectivity index (χ0n) is 12.7. The Hall–Kier alpha value is -1.39. The van der Waals surface area contributed by atoms with Crippen LogP contribution >= 0.6 is 0 Å². The Morgan fingerprint density at radius 2 is 1.26 bits per heavy atom. The van der Waals surface area contributed by atoms with Crippen LogP contribution < -0.4 is 0 Å². The topological polar surface area (TPSA) is 69.7 Å². The van der Waals surface area contributed by atoms with Crippen molar-refractivity contribution in [3.63, 3.8) is 0 Å². The smallest absolute Gasteiger partial charge is 0.323 e. The molecule has 0 aromatic carbocycles. The Morgan fingerprint density at radius 1 is 0.895 bits per heavy atom. The van der Waals surface area contributed by atoms with E-state index in [9.17, 15) is 14.4 Å². The van der Waals surface area contributed by atoms with E-state index in [-0.39, 0.29) is 25.4 Å². The number of ketones is 1. The summed E-state index contributed by atoms with van der Waals surface area (Å²) in [6.07, 6.45) is 0.0983. The highest BCUT2D eigenvalue weighted by atomic mass is 16.6. The monoisotopic (exact) mass is 272 g/mol. The number of hydrogen-bond donors (Lipinski definition) is 0. The summed E-state index contributed by atoms with van der Waals surface area (Å²) in [4.78, 5) is 35.7. The SMILES string of the molecule is CCOC(=O)C(C)(C(=O)OCC)C(C)(C)CC(C)=O. The number of Topliss-reactive ketones (excluding diaryl/α,β-unsaturated/α-hetero) is 1. The van der Waals surface area contributed by atoms with Crippen LogP contribution in [0.5, 0.6) is 0 Å². The zero-order chi connectivity index (χ0) is 15.3. The molecular weight excluding hydrogens is 248 g/mol. The molecule has 0 unspecified atom stereocenters. The van der Waals surface area contributed by atoms with Crippen molar-refractivity contribution < 1.29 is 23.9 Å². The summed E-state index contributed by atoms with van der Waals surface area (Å²) in [5.74, 6) is -1.40. The highest BCUT2D eigenvalue weighted by Gasteiger charge is 2.56. The van der Waals surface area contributed by atoms with Gasteiger partial charge in [0, 0.05) is 6.42 Å². The van der Waals surface area contributed by atoms with E-state index in [0.717, 1.165) is 0 Å². The van der Waals surface area contributed by atoms with Gasteiger partial charge in [-0.2, -0.15) is 0 Å². The third-order valence-electron chi connectivity index (χ3n) is 3.41. The second-order valence-electron chi connectivity index (χ2n) is 5.33. The van der Waals surface area contributed by atoms with Crippen molar-refractivity contribution in [2.24, 2.45) is 10.8 Å². The second-order valence-corrected chi connectivity index (χ2v) is 5.33. The predicted molar refractivity (Wildman–Crippen MR) is 70.5 cm³/mol. The molecule has 0 bridgehead atoms. The highest BCUT2D eigenvalue weighted by molar-refractivity contribution is 6.01. The molecule has 0 fully saturated rings. The molecule has 0 saturated carbocycles. The van der Waals surface area contributed by atoms with E-state index in [2.05, 4.69) is 0 Å². The predicted octanol–water partition coefficient (Wildman–Crippen LogP) is 2.12. The first kappa shape index (κ1) is 17.6. The van der Waals surface area contributed by atoms with E-state index in [1.54, 1.807) is 27.7 Å². The van der Waals surface area contributed by atoms with Crippen LogP contribution in [0.4, 0.5) is 0 Å². The van der Waals surface area contributed by atoms with Gasteiger partial charge in [-0.25, -0.2) is 0 Å². The molecule has 5 heteroatoms. The molecule has 0 spiro atoms. The van der Waals surface area contributed by atoms with E-state index in [1.165, 1.54) is 13.8 Å². The average molecular weight is 272 g/mol. The molecule has 0 aromatic rings. The van der Waals surface area contributed by atoms with Gasteiger partial charge in [-0.3, -0.25) is 9.59 Å². The van der Waals surface area contributed by atoms with E-state index in [4.69, 9.17) is 9.47 Å². The van der Waals surface area contributed by atoms with Crippen molar-refractivity contribution in [2.75, 3.05) is 13.2 Å². The van der Waals surface area contributed by atoms with Gasteiger partial charge in [0.05, 0.1) is 13.2 Å². The summed E-state index contributed by atoms with van der Waals surface area (Å²) in [7, 11) is 0. The van der Waals surface area contributed by atoms with Crippen LogP contribution in [0.3, 0.4) is 0 Å². The lowest BCUT2D eigenvalue weighted by Crippen LogP contribution is -2.51. The number of carbonyl (C=O) groups is 3. The van der Waals surface area contributed by atoms with Crippen LogP contribution in [0.15, 0.2) is 0 Å². The summed E-state index contributed by atoms with van der Waals surface area (Å²) < 4.78 is 9.98. The standard InChI is InChI=1S/C14H24O5/c1-7-18-11(16)14(6,12(17)19-8-2)13(4,5)9-10(3)15/h7-9H2,1-6H3. The van der Waals surface area contributed by atoms with Gasteiger partial charge < -0.3 is 14.3 Å². The molecule has 0 saturated heterocycles. The molecule has 0 aliphatic carbocycles. The third-order valence-corrected chi connectivity index (χ3v) is 3.41. The lowest BCUT2D eigenvalue weighted by atomic mass is 9.64. The fraction of sp³-hybridized carbons (Fsp3) is 0.786. The first-order valence-corrected chi connectivity index (χ1v) is 6.47. The zero-order valence-corrected chi connectivity index (χ0v) is 12.7. The number of ether oxygens (including phenoxy) is 2. The lowest BCUT2D eigenvalue weighted by Gasteiger charge is -2.39. The van der Waals surface area contributed by atoms with Crippen LogP contribution in [0.25, 0.3) is 0 Å². The molecule has 0 aliphatic heterocycles. The quantitative estimate of drug-likeness (QED) is 0.524. The summed E-state index contributed by atoms with van der Waals surface area (Å²) in [6, 6.07) is 0. The van der Waals surface area contributed by atoms with Gasteiger partial charge in [-0.15, -0.1) is 0 Å². The summed E-state index contributed by atoms with van der Waals surface area (Å²) in [5, 5.41) is 0. The molecule has 19 heavy (non-hydrogen) atoms. The number of hydrogen-bond acceptors (Lipinski definition) is 5. The molecular formula is C14H24O5. The Morgan fingerprint density at radius 3 is 1.53 bits per heavy atom. The molecule has 0 aromatic heterocycles. The summed E-state index contributed by atoms with van der Waals surface area (Å²) in [5.41, 5.74) is -2.37. The van der Waals surface area contributed by atoms with Crippen molar-refractivity contribution >= 4 is 17.7 Å². The maximum absolute atomic E-state index is 12.2. The molecule has 0 aliphatic rings. The maximum Gasteiger partial charge on any atom is 0.323 e. The van der Waals surface area contributed by atoms with Crippen molar-refractivity contribution in [1.82, 2.24) is 0 Å². The minimum absolute atomic E-state index is 0.0928. The fourth-order valence-corrected chi connectivity index (χ4v) is 1.99. The van der Waals surface area contributed by atoms with Gasteiger partial charge in [0.25, 0.3) is 0 Å². The number of carbonyl (C=O) groups excluding carboxylic acids is 3. The minimum atomic E-state index is -1.50. The van der Waals surface area contributed by atoms with Crippen LogP contribution in [0.2, 0.25) is 0 Å². The van der Waals surface area contributed by atoms with Crippen molar-refractivity contribution in [1.29, 1.82) is 0 Å². The summed E-state index contributed by atoms with van der Waals surface area (Å²) >= 11 is 0. The van der Waals surface area contributed by atoms with Crippen LogP contribution in [-0.4, -0.2) is 30.9 Å². The highest BCUT2D eigenvalue weighted by Crippen LogP contribution is 2.44. The van der Waals surface area contributed by atoms with Crippen LogP contribution in [-0.2, 0) is 23.9 Å². The summed E-state index contributed by atoms with van der Waals surface area (Å²) in [6.45, 7) is 9.98. The first-order chi connectivity index (χ1) is 8.63. The van der Waals surface area contributed by atoms with Gasteiger partial charge in [-0.1, -0.05) is 13.8 Å². The molecule has 0 rings (SSSR count). The van der Waals surface area contributed by atoms with Crippen LogP contribution in [0.1, 0.15) is 48.0 Å². The van der Waals surface area contributed by atoms with Crippen molar-refractivity contribution in [3.8, 4) is 0 Å². The van der Waals surface area contributed by atoms with Gasteiger partial charge in [0.15, 0.2) is 5.41 Å². The van der Waals surface area contributed by atoms with Gasteiger partial charge >= 0.3 is 11.9 Å².